The van der Waals surface area contributed by atoms with Crippen molar-refractivity contribution in [2.24, 2.45) is 0 Å². The van der Waals surface area contributed by atoms with E-state index < -0.39 is 0 Å². The largest absolute Gasteiger partial charge is 0.368 e. The quantitative estimate of drug-likeness (QED) is 0.449. The van der Waals surface area contributed by atoms with Crippen LogP contribution in [0.1, 0.15) is 17.2 Å². The molecular weight excluding hydrogens is 380 g/mol. The summed E-state index contributed by atoms with van der Waals surface area (Å²) < 4.78 is 0. The molecule has 9 nitrogen and oxygen atoms in total. The Balaban J connectivity index is 1.51. The maximum atomic E-state index is 12.3. The number of para-hydroxylation sites is 2. The predicted molar refractivity (Wildman–Crippen MR) is 116 cm³/mol. The number of nitrogens with one attached hydrogen (secondary N) is 2. The maximum absolute atomic E-state index is 12.3. The van der Waals surface area contributed by atoms with Gasteiger partial charge in [0.15, 0.2) is 0 Å². The molecule has 0 saturated carbocycles. The van der Waals surface area contributed by atoms with Gasteiger partial charge in [0, 0.05) is 5.69 Å². The van der Waals surface area contributed by atoms with Gasteiger partial charge in [-0.3, -0.25) is 9.69 Å². The van der Waals surface area contributed by atoms with Crippen LogP contribution in [0.25, 0.3) is 10.9 Å². The smallest absolute Gasteiger partial charge is 0.258 e. The summed E-state index contributed by atoms with van der Waals surface area (Å²) in [7, 11) is 1.89. The molecule has 0 fully saturated rings. The molecule has 0 spiro atoms. The summed E-state index contributed by atoms with van der Waals surface area (Å²) in [6.45, 7) is 2.83. The van der Waals surface area contributed by atoms with Crippen molar-refractivity contribution in [2.75, 3.05) is 18.1 Å². The summed E-state index contributed by atoms with van der Waals surface area (Å²) in [6, 6.07) is 15.1. The maximum Gasteiger partial charge on any atom is 0.258 e. The van der Waals surface area contributed by atoms with Crippen molar-refractivity contribution in [3.05, 3.63) is 76.1 Å². The Morgan fingerprint density at radius 1 is 1.00 bits per heavy atom. The standard InChI is InChI=1S/C21H22N8O/c1-13-7-3-5-9-15(13)24-21-27-18(26-20(22)28-21)12-29(2)11-17-23-16-10-6-4-8-14(16)19(30)25-17/h3-10H,11-12H2,1-2H3,(H,23,25,30)(H3,22,24,26,27,28). The fourth-order valence-electron chi connectivity index (χ4n) is 3.16. The Kier molecular flexibility index (Phi) is 5.36. The monoisotopic (exact) mass is 402 g/mol. The summed E-state index contributed by atoms with van der Waals surface area (Å²) in [5.74, 6) is 1.62. The van der Waals surface area contributed by atoms with Crippen molar-refractivity contribution in [1.29, 1.82) is 0 Å². The van der Waals surface area contributed by atoms with E-state index in [-0.39, 0.29) is 11.5 Å². The average Bonchev–Trinajstić information content (AvgIpc) is 2.69. The minimum absolute atomic E-state index is 0.140. The van der Waals surface area contributed by atoms with Gasteiger partial charge in [-0.1, -0.05) is 30.3 Å². The summed E-state index contributed by atoms with van der Waals surface area (Å²) >= 11 is 0. The van der Waals surface area contributed by atoms with Gasteiger partial charge in [-0.2, -0.15) is 15.0 Å². The van der Waals surface area contributed by atoms with Crippen molar-refractivity contribution < 1.29 is 0 Å². The van der Waals surface area contributed by atoms with E-state index in [1.54, 1.807) is 6.07 Å². The molecule has 0 radical (unpaired) electrons. The molecular formula is C21H22N8O. The highest BCUT2D eigenvalue weighted by Gasteiger charge is 2.11. The van der Waals surface area contributed by atoms with Crippen LogP contribution >= 0.6 is 0 Å². The molecule has 0 bridgehead atoms. The molecule has 9 heteroatoms. The number of aryl methyl sites for hydroxylation is 1. The zero-order valence-corrected chi connectivity index (χ0v) is 16.8. The van der Waals surface area contributed by atoms with E-state index in [0.717, 1.165) is 11.3 Å². The van der Waals surface area contributed by atoms with Crippen LogP contribution in [-0.4, -0.2) is 36.9 Å². The minimum atomic E-state index is -0.155. The fraction of sp³-hybridized carbons (Fsp3) is 0.190. The van der Waals surface area contributed by atoms with Crippen LogP contribution in [0.5, 0.6) is 0 Å². The van der Waals surface area contributed by atoms with Crippen LogP contribution in [0.4, 0.5) is 17.6 Å². The third-order valence-electron chi connectivity index (χ3n) is 4.58. The van der Waals surface area contributed by atoms with Gasteiger partial charge < -0.3 is 16.0 Å². The number of hydrogen-bond acceptors (Lipinski definition) is 8. The molecule has 2 aromatic carbocycles. The number of aromatic nitrogens is 5. The second-order valence-corrected chi connectivity index (χ2v) is 7.08. The van der Waals surface area contributed by atoms with Gasteiger partial charge in [0.2, 0.25) is 11.9 Å². The number of benzene rings is 2. The molecule has 4 N–H and O–H groups in total. The van der Waals surface area contributed by atoms with Crippen molar-refractivity contribution in [2.45, 2.75) is 20.0 Å². The minimum Gasteiger partial charge on any atom is -0.368 e. The van der Waals surface area contributed by atoms with Crippen LogP contribution in [0.2, 0.25) is 0 Å². The first-order chi connectivity index (χ1) is 14.5. The number of aromatic amines is 1. The van der Waals surface area contributed by atoms with Crippen molar-refractivity contribution in [3.8, 4) is 0 Å². The second kappa shape index (κ2) is 8.26. The van der Waals surface area contributed by atoms with E-state index >= 15 is 0 Å². The molecule has 0 aliphatic carbocycles. The molecule has 4 rings (SSSR count). The number of fused-ring (bicyclic) bond motifs is 1. The first-order valence-electron chi connectivity index (χ1n) is 9.47. The van der Waals surface area contributed by atoms with Gasteiger partial charge >= 0.3 is 0 Å². The Bertz CT molecular complexity index is 1250. The zero-order valence-electron chi connectivity index (χ0n) is 16.8. The lowest BCUT2D eigenvalue weighted by Gasteiger charge is -2.16. The lowest BCUT2D eigenvalue weighted by Crippen LogP contribution is -2.23. The highest BCUT2D eigenvalue weighted by atomic mass is 16.1. The molecule has 0 aliphatic heterocycles. The second-order valence-electron chi connectivity index (χ2n) is 7.08. The third-order valence-corrected chi connectivity index (χ3v) is 4.58. The first kappa shape index (κ1) is 19.5. The highest BCUT2D eigenvalue weighted by molar-refractivity contribution is 5.77. The molecule has 4 aromatic rings. The predicted octanol–water partition coefficient (Wildman–Crippen LogP) is 2.37. The Labute approximate surface area is 173 Å². The van der Waals surface area contributed by atoms with E-state index in [1.807, 2.05) is 61.3 Å². The highest BCUT2D eigenvalue weighted by Crippen LogP contribution is 2.18. The molecule has 2 aromatic heterocycles. The fourth-order valence-corrected chi connectivity index (χ4v) is 3.16. The van der Waals surface area contributed by atoms with E-state index in [9.17, 15) is 4.79 Å². The van der Waals surface area contributed by atoms with Crippen LogP contribution in [-0.2, 0) is 13.1 Å². The van der Waals surface area contributed by atoms with Crippen molar-refractivity contribution >= 4 is 28.5 Å². The lowest BCUT2D eigenvalue weighted by molar-refractivity contribution is 0.302. The summed E-state index contributed by atoms with van der Waals surface area (Å²) in [4.78, 5) is 34.4. The lowest BCUT2D eigenvalue weighted by atomic mass is 10.2. The van der Waals surface area contributed by atoms with Gasteiger partial charge in [-0.05, 0) is 37.7 Å². The van der Waals surface area contributed by atoms with Crippen molar-refractivity contribution in [1.82, 2.24) is 29.8 Å². The Hall–Kier alpha value is -3.85. The van der Waals surface area contributed by atoms with E-state index in [1.165, 1.54) is 0 Å². The van der Waals surface area contributed by atoms with Gasteiger partial charge in [0.1, 0.15) is 11.6 Å². The van der Waals surface area contributed by atoms with Gasteiger partial charge in [0.25, 0.3) is 5.56 Å². The van der Waals surface area contributed by atoms with Crippen LogP contribution in [0, 0.1) is 6.92 Å². The number of rotatable bonds is 6. The zero-order chi connectivity index (χ0) is 21.1. The Morgan fingerprint density at radius 2 is 1.77 bits per heavy atom. The van der Waals surface area contributed by atoms with E-state index in [2.05, 4.69) is 30.2 Å². The number of nitrogen functional groups attached to an aromatic ring is 1. The van der Waals surface area contributed by atoms with Gasteiger partial charge in [-0.15, -0.1) is 0 Å². The van der Waals surface area contributed by atoms with Gasteiger partial charge in [-0.25, -0.2) is 4.98 Å². The molecule has 2 heterocycles. The van der Waals surface area contributed by atoms with E-state index in [4.69, 9.17) is 5.73 Å². The van der Waals surface area contributed by atoms with E-state index in [0.29, 0.717) is 41.6 Å². The molecule has 0 saturated heterocycles. The van der Waals surface area contributed by atoms with Crippen LogP contribution in [0.3, 0.4) is 0 Å². The van der Waals surface area contributed by atoms with Crippen LogP contribution in [0.15, 0.2) is 53.3 Å². The van der Waals surface area contributed by atoms with Gasteiger partial charge in [0.05, 0.1) is 24.0 Å². The van der Waals surface area contributed by atoms with Crippen molar-refractivity contribution in [3.63, 3.8) is 0 Å². The first-order valence-corrected chi connectivity index (χ1v) is 9.47. The molecule has 0 unspecified atom stereocenters. The Morgan fingerprint density at radius 3 is 2.60 bits per heavy atom. The average molecular weight is 402 g/mol. The number of H-pyrrole nitrogens is 1. The number of nitrogens with zero attached hydrogens (tertiary/aromatic N) is 5. The molecule has 0 atom stereocenters. The molecule has 0 amide bonds. The summed E-state index contributed by atoms with van der Waals surface area (Å²) in [6.07, 6.45) is 0. The number of hydrogen-bond donors (Lipinski definition) is 3. The molecule has 30 heavy (non-hydrogen) atoms. The molecule has 0 aliphatic rings. The topological polar surface area (TPSA) is 126 Å². The molecule has 152 valence electrons. The normalized spacial score (nSPS) is 11.2. The summed E-state index contributed by atoms with van der Waals surface area (Å²) in [5, 5.41) is 3.75. The van der Waals surface area contributed by atoms with Crippen LogP contribution < -0.4 is 16.6 Å². The summed E-state index contributed by atoms with van der Waals surface area (Å²) in [5.41, 5.74) is 8.37. The number of nitrogens with two attached hydrogens (primary N) is 1. The number of anilines is 3. The third kappa shape index (κ3) is 4.41. The SMILES string of the molecule is Cc1ccccc1Nc1nc(N)nc(CN(C)Cc2nc3ccccc3c(=O)[nH]2)n1.